The van der Waals surface area contributed by atoms with Gasteiger partial charge in [-0.1, -0.05) is 0 Å². The number of amides is 1. The van der Waals surface area contributed by atoms with Crippen LogP contribution in [0.1, 0.15) is 23.6 Å². The fourth-order valence-corrected chi connectivity index (χ4v) is 3.33. The first-order chi connectivity index (χ1) is 13.6. The van der Waals surface area contributed by atoms with Crippen LogP contribution in [0.3, 0.4) is 0 Å². The van der Waals surface area contributed by atoms with Crippen LogP contribution in [0.2, 0.25) is 0 Å². The minimum absolute atomic E-state index is 0.0126. The molecule has 2 N–H and O–H groups in total. The molecule has 1 amide bonds. The molecule has 0 spiro atoms. The van der Waals surface area contributed by atoms with Crippen molar-refractivity contribution in [2.75, 3.05) is 7.05 Å². The van der Waals surface area contributed by atoms with Crippen LogP contribution in [-0.4, -0.2) is 38.7 Å². The van der Waals surface area contributed by atoms with Crippen LogP contribution in [0.25, 0.3) is 5.69 Å². The van der Waals surface area contributed by atoms with Gasteiger partial charge < -0.3 is 4.90 Å². The number of halogens is 1. The van der Waals surface area contributed by atoms with Crippen molar-refractivity contribution in [3.8, 4) is 5.69 Å². The Morgan fingerprint density at radius 1 is 1.21 bits per heavy atom. The normalized spacial score (nSPS) is 18.9. The van der Waals surface area contributed by atoms with Gasteiger partial charge in [0.05, 0.1) is 11.9 Å². The second-order valence-corrected chi connectivity index (χ2v) is 6.87. The SMILES string of the molecule is CN(Cc1cnn(-c2ccc(F)cc2)c1)C(=O)C1CC(c2ccncc2)NN1. The summed E-state index contributed by atoms with van der Waals surface area (Å²) in [6.07, 6.45) is 7.72. The van der Waals surface area contributed by atoms with E-state index in [1.54, 1.807) is 47.4 Å². The number of benzene rings is 1. The summed E-state index contributed by atoms with van der Waals surface area (Å²) in [5.41, 5.74) is 9.04. The van der Waals surface area contributed by atoms with Crippen LogP contribution in [-0.2, 0) is 11.3 Å². The highest BCUT2D eigenvalue weighted by Gasteiger charge is 2.31. The molecule has 4 rings (SSSR count). The number of carbonyl (C=O) groups excluding carboxylic acids is 1. The second kappa shape index (κ2) is 7.87. The highest BCUT2D eigenvalue weighted by Crippen LogP contribution is 2.22. The third kappa shape index (κ3) is 3.92. The maximum Gasteiger partial charge on any atom is 0.241 e. The zero-order valence-electron chi connectivity index (χ0n) is 15.4. The van der Waals surface area contributed by atoms with Crippen molar-refractivity contribution in [1.29, 1.82) is 0 Å². The number of hydrazine groups is 1. The lowest BCUT2D eigenvalue weighted by atomic mass is 10.0. The summed E-state index contributed by atoms with van der Waals surface area (Å²) in [5.74, 6) is -0.275. The molecule has 0 saturated carbocycles. The number of aromatic nitrogens is 3. The lowest BCUT2D eigenvalue weighted by molar-refractivity contribution is -0.132. The van der Waals surface area contributed by atoms with E-state index in [0.717, 1.165) is 16.8 Å². The van der Waals surface area contributed by atoms with Gasteiger partial charge in [-0.3, -0.25) is 9.78 Å². The molecule has 1 fully saturated rings. The summed E-state index contributed by atoms with van der Waals surface area (Å²) in [5, 5.41) is 4.30. The Bertz CT molecular complexity index is 943. The monoisotopic (exact) mass is 380 g/mol. The first-order valence-corrected chi connectivity index (χ1v) is 9.05. The quantitative estimate of drug-likeness (QED) is 0.708. The maximum atomic E-state index is 13.1. The maximum absolute atomic E-state index is 13.1. The van der Waals surface area contributed by atoms with Crippen LogP contribution < -0.4 is 10.9 Å². The predicted octanol–water partition coefficient (Wildman–Crippen LogP) is 1.97. The fraction of sp³-hybridized carbons (Fsp3) is 0.250. The topological polar surface area (TPSA) is 75.1 Å². The first kappa shape index (κ1) is 18.3. The van der Waals surface area contributed by atoms with Crippen LogP contribution >= 0.6 is 0 Å². The van der Waals surface area contributed by atoms with Gasteiger partial charge in [-0.25, -0.2) is 19.9 Å². The Labute approximate surface area is 162 Å². The highest BCUT2D eigenvalue weighted by molar-refractivity contribution is 5.82. The average Bonchev–Trinajstić information content (AvgIpc) is 3.39. The molecular weight excluding hydrogens is 359 g/mol. The van der Waals surface area contributed by atoms with Gasteiger partial charge in [-0.05, 0) is 48.4 Å². The number of carbonyl (C=O) groups is 1. The van der Waals surface area contributed by atoms with Gasteiger partial charge in [0.2, 0.25) is 5.91 Å². The highest BCUT2D eigenvalue weighted by atomic mass is 19.1. The first-order valence-electron chi connectivity index (χ1n) is 9.05. The summed E-state index contributed by atoms with van der Waals surface area (Å²) in [4.78, 5) is 18.5. The number of nitrogens with zero attached hydrogens (tertiary/aromatic N) is 4. The van der Waals surface area contributed by atoms with Gasteiger partial charge in [-0.2, -0.15) is 5.10 Å². The van der Waals surface area contributed by atoms with Gasteiger partial charge >= 0.3 is 0 Å². The number of nitrogens with one attached hydrogen (secondary N) is 2. The molecule has 7 nitrogen and oxygen atoms in total. The minimum atomic E-state index is -0.296. The molecule has 0 radical (unpaired) electrons. The Hall–Kier alpha value is -3.10. The lowest BCUT2D eigenvalue weighted by Crippen LogP contribution is -2.43. The number of hydrogen-bond acceptors (Lipinski definition) is 5. The number of hydrogen-bond donors (Lipinski definition) is 2. The van der Waals surface area contributed by atoms with Crippen molar-refractivity contribution >= 4 is 5.91 Å². The van der Waals surface area contributed by atoms with Gasteiger partial charge in [0, 0.05) is 43.8 Å². The molecule has 1 aromatic carbocycles. The largest absolute Gasteiger partial charge is 0.340 e. The molecule has 2 unspecified atom stereocenters. The van der Waals surface area contributed by atoms with Gasteiger partial charge in [-0.15, -0.1) is 0 Å². The van der Waals surface area contributed by atoms with Gasteiger partial charge in [0.25, 0.3) is 0 Å². The minimum Gasteiger partial charge on any atom is -0.340 e. The number of pyridine rings is 1. The molecule has 8 heteroatoms. The van der Waals surface area contributed by atoms with Crippen LogP contribution in [0, 0.1) is 5.82 Å². The van der Waals surface area contributed by atoms with Crippen molar-refractivity contribution < 1.29 is 9.18 Å². The summed E-state index contributed by atoms with van der Waals surface area (Å²) < 4.78 is 14.7. The molecule has 1 aliphatic rings. The zero-order chi connectivity index (χ0) is 19.5. The Kier molecular flexibility index (Phi) is 5.14. The molecule has 144 valence electrons. The predicted molar refractivity (Wildman–Crippen MR) is 102 cm³/mol. The van der Waals surface area contributed by atoms with E-state index in [4.69, 9.17) is 0 Å². The molecule has 3 heterocycles. The van der Waals surface area contributed by atoms with E-state index in [9.17, 15) is 9.18 Å². The van der Waals surface area contributed by atoms with Gasteiger partial charge in [0.1, 0.15) is 11.9 Å². The van der Waals surface area contributed by atoms with Crippen molar-refractivity contribution in [2.45, 2.75) is 25.0 Å². The molecule has 2 aromatic heterocycles. The third-order valence-electron chi connectivity index (χ3n) is 4.83. The summed E-state index contributed by atoms with van der Waals surface area (Å²) in [6.45, 7) is 0.443. The smallest absolute Gasteiger partial charge is 0.241 e. The summed E-state index contributed by atoms with van der Waals surface area (Å²) in [7, 11) is 1.78. The summed E-state index contributed by atoms with van der Waals surface area (Å²) >= 11 is 0. The van der Waals surface area contributed by atoms with Crippen molar-refractivity contribution in [1.82, 2.24) is 30.5 Å². The van der Waals surface area contributed by atoms with Crippen molar-refractivity contribution in [3.63, 3.8) is 0 Å². The summed E-state index contributed by atoms with van der Waals surface area (Å²) in [6, 6.07) is 9.78. The van der Waals surface area contributed by atoms with Crippen molar-refractivity contribution in [3.05, 3.63) is 78.1 Å². The van der Waals surface area contributed by atoms with E-state index in [0.29, 0.717) is 13.0 Å². The third-order valence-corrected chi connectivity index (χ3v) is 4.83. The Morgan fingerprint density at radius 3 is 2.71 bits per heavy atom. The van der Waals surface area contributed by atoms with E-state index < -0.39 is 0 Å². The van der Waals surface area contributed by atoms with E-state index in [-0.39, 0.29) is 23.8 Å². The van der Waals surface area contributed by atoms with Crippen LogP contribution in [0.4, 0.5) is 4.39 Å². The Morgan fingerprint density at radius 2 is 1.96 bits per heavy atom. The van der Waals surface area contributed by atoms with Gasteiger partial charge in [0.15, 0.2) is 0 Å². The molecule has 1 saturated heterocycles. The lowest BCUT2D eigenvalue weighted by Gasteiger charge is -2.20. The van der Waals surface area contributed by atoms with E-state index in [1.807, 2.05) is 18.3 Å². The molecule has 3 aromatic rings. The second-order valence-electron chi connectivity index (χ2n) is 6.87. The van der Waals surface area contributed by atoms with E-state index in [1.165, 1.54) is 12.1 Å². The average molecular weight is 380 g/mol. The van der Waals surface area contributed by atoms with Crippen LogP contribution in [0.15, 0.2) is 61.2 Å². The molecule has 0 aliphatic carbocycles. The molecular formula is C20H21FN6O. The molecule has 28 heavy (non-hydrogen) atoms. The Balaban J connectivity index is 1.37. The number of rotatable bonds is 5. The van der Waals surface area contributed by atoms with E-state index >= 15 is 0 Å². The van der Waals surface area contributed by atoms with E-state index in [2.05, 4.69) is 20.9 Å². The molecule has 1 aliphatic heterocycles. The number of likely N-dealkylation sites (N-methyl/N-ethyl adjacent to an activating group) is 1. The molecule has 2 atom stereocenters. The molecule has 0 bridgehead atoms. The standard InChI is InChI=1S/C20H21FN6O/c1-26(12-14-11-23-27(13-14)17-4-2-16(21)3-5-17)20(28)19-10-18(24-25-19)15-6-8-22-9-7-15/h2-9,11,13,18-19,24-25H,10,12H2,1H3. The van der Waals surface area contributed by atoms with Crippen molar-refractivity contribution in [2.24, 2.45) is 0 Å². The van der Waals surface area contributed by atoms with Crippen LogP contribution in [0.5, 0.6) is 0 Å². The fourth-order valence-electron chi connectivity index (χ4n) is 3.33. The zero-order valence-corrected chi connectivity index (χ0v) is 15.4.